The monoisotopic (exact) mass is 266 g/mol. The molecule has 1 aromatic rings. The van der Waals surface area contributed by atoms with Crippen molar-refractivity contribution in [3.8, 4) is 0 Å². The quantitative estimate of drug-likeness (QED) is 0.851. The van der Waals surface area contributed by atoms with Crippen LogP contribution in [0, 0.1) is 0 Å². The lowest BCUT2D eigenvalue weighted by Crippen LogP contribution is -2.46. The highest BCUT2D eigenvalue weighted by atomic mass is 16.3. The lowest BCUT2D eigenvalue weighted by Gasteiger charge is -2.36. The van der Waals surface area contributed by atoms with Crippen molar-refractivity contribution < 1.29 is 5.11 Å². The summed E-state index contributed by atoms with van der Waals surface area (Å²) in [4.78, 5) is 2.24. The van der Waals surface area contributed by atoms with Crippen molar-refractivity contribution in [2.75, 3.05) is 13.2 Å². The van der Waals surface area contributed by atoms with Gasteiger partial charge in [0.1, 0.15) is 11.6 Å². The average molecular weight is 266 g/mol. The van der Waals surface area contributed by atoms with Gasteiger partial charge in [-0.15, -0.1) is 10.2 Å². The van der Waals surface area contributed by atoms with Crippen LogP contribution in [0.15, 0.2) is 0 Å². The predicted octanol–water partition coefficient (Wildman–Crippen LogP) is 1.68. The summed E-state index contributed by atoms with van der Waals surface area (Å²) in [5.41, 5.74) is -0.225. The fraction of sp³-hybridized carbons (Fsp3) is 0.857. The largest absolute Gasteiger partial charge is 0.394 e. The molecule has 5 nitrogen and oxygen atoms in total. The second-order valence-corrected chi connectivity index (χ2v) is 6.15. The number of rotatable bonds is 6. The third kappa shape index (κ3) is 2.82. The number of aliphatic hydroxyl groups is 1. The second-order valence-electron chi connectivity index (χ2n) is 6.15. The summed E-state index contributed by atoms with van der Waals surface area (Å²) in [6, 6.07) is 0. The normalized spacial score (nSPS) is 16.9. The van der Waals surface area contributed by atoms with Gasteiger partial charge in [0.25, 0.3) is 0 Å². The van der Waals surface area contributed by atoms with E-state index in [-0.39, 0.29) is 12.1 Å². The minimum Gasteiger partial charge on any atom is -0.394 e. The number of likely N-dealkylation sites (N-methyl/N-ethyl adjacent to an activating group) is 1. The first-order valence-electron chi connectivity index (χ1n) is 7.23. The van der Waals surface area contributed by atoms with E-state index in [0.717, 1.165) is 24.7 Å². The maximum Gasteiger partial charge on any atom is 0.146 e. The fourth-order valence-electron chi connectivity index (χ4n) is 2.56. The summed E-state index contributed by atoms with van der Waals surface area (Å²) >= 11 is 0. The van der Waals surface area contributed by atoms with Crippen LogP contribution in [0.1, 0.15) is 57.6 Å². The first-order chi connectivity index (χ1) is 8.99. The Bertz CT molecular complexity index is 423. The molecule has 1 aliphatic carbocycles. The van der Waals surface area contributed by atoms with E-state index in [2.05, 4.69) is 47.5 Å². The topological polar surface area (TPSA) is 54.2 Å². The van der Waals surface area contributed by atoms with E-state index < -0.39 is 0 Å². The molecule has 0 bridgehead atoms. The maximum absolute atomic E-state index is 9.50. The van der Waals surface area contributed by atoms with Crippen LogP contribution in [0.3, 0.4) is 0 Å². The first-order valence-corrected chi connectivity index (χ1v) is 7.23. The van der Waals surface area contributed by atoms with Crippen LogP contribution in [0.4, 0.5) is 0 Å². The van der Waals surface area contributed by atoms with E-state index in [9.17, 15) is 5.11 Å². The van der Waals surface area contributed by atoms with Crippen LogP contribution in [0.2, 0.25) is 0 Å². The molecule has 0 saturated heterocycles. The third-order valence-electron chi connectivity index (χ3n) is 4.43. The molecular weight excluding hydrogens is 240 g/mol. The Balaban J connectivity index is 2.11. The molecule has 0 aliphatic heterocycles. The number of aliphatic hydroxyl groups excluding tert-OH is 1. The smallest absolute Gasteiger partial charge is 0.146 e. The van der Waals surface area contributed by atoms with Gasteiger partial charge in [-0.3, -0.25) is 4.90 Å². The second kappa shape index (κ2) is 5.59. The molecule has 0 atom stereocenters. The standard InChI is InChI=1S/C14H26N4O/c1-5-18(14(2,3)10-19)9-12-15-16-13(17(12)4)11-7-6-8-11/h11,19H,5-10H2,1-4H3. The number of hydrogen-bond donors (Lipinski definition) is 1. The summed E-state index contributed by atoms with van der Waals surface area (Å²) in [6.07, 6.45) is 3.79. The number of hydrogen-bond acceptors (Lipinski definition) is 4. The van der Waals surface area contributed by atoms with E-state index in [1.54, 1.807) is 0 Å². The van der Waals surface area contributed by atoms with Crippen molar-refractivity contribution in [2.24, 2.45) is 7.05 Å². The zero-order valence-corrected chi connectivity index (χ0v) is 12.6. The SMILES string of the molecule is CCN(Cc1nnc(C2CCC2)n1C)C(C)(C)CO. The molecule has 108 valence electrons. The molecule has 1 fully saturated rings. The lowest BCUT2D eigenvalue weighted by atomic mass is 9.85. The Morgan fingerprint density at radius 2 is 2.05 bits per heavy atom. The average Bonchev–Trinajstić information content (AvgIpc) is 2.66. The minimum absolute atomic E-state index is 0.147. The van der Waals surface area contributed by atoms with Crippen molar-refractivity contribution >= 4 is 0 Å². The molecule has 0 aromatic carbocycles. The molecule has 19 heavy (non-hydrogen) atoms. The van der Waals surface area contributed by atoms with E-state index in [1.807, 2.05) is 0 Å². The Labute approximate surface area is 115 Å². The van der Waals surface area contributed by atoms with Gasteiger partial charge in [0.2, 0.25) is 0 Å². The Kier molecular flexibility index (Phi) is 4.26. The van der Waals surface area contributed by atoms with Crippen molar-refractivity contribution in [2.45, 2.75) is 58.0 Å². The van der Waals surface area contributed by atoms with Crippen LogP contribution >= 0.6 is 0 Å². The van der Waals surface area contributed by atoms with Crippen LogP contribution in [0.25, 0.3) is 0 Å². The molecule has 0 amide bonds. The van der Waals surface area contributed by atoms with Crippen molar-refractivity contribution in [3.63, 3.8) is 0 Å². The fourth-order valence-corrected chi connectivity index (χ4v) is 2.56. The highest BCUT2D eigenvalue weighted by Gasteiger charge is 2.28. The van der Waals surface area contributed by atoms with Gasteiger partial charge in [0, 0.05) is 18.5 Å². The van der Waals surface area contributed by atoms with Gasteiger partial charge in [-0.25, -0.2) is 0 Å². The molecule has 2 rings (SSSR count). The molecule has 1 heterocycles. The molecule has 0 radical (unpaired) electrons. The number of nitrogens with zero attached hydrogens (tertiary/aromatic N) is 4. The summed E-state index contributed by atoms with van der Waals surface area (Å²) in [6.45, 7) is 7.99. The predicted molar refractivity (Wildman–Crippen MR) is 74.8 cm³/mol. The van der Waals surface area contributed by atoms with Crippen LogP contribution in [0.5, 0.6) is 0 Å². The van der Waals surface area contributed by atoms with Gasteiger partial charge in [0.15, 0.2) is 0 Å². The zero-order valence-electron chi connectivity index (χ0n) is 12.6. The minimum atomic E-state index is -0.225. The van der Waals surface area contributed by atoms with E-state index in [0.29, 0.717) is 5.92 Å². The van der Waals surface area contributed by atoms with Gasteiger partial charge in [-0.2, -0.15) is 0 Å². The van der Waals surface area contributed by atoms with Crippen LogP contribution in [-0.4, -0.2) is 43.5 Å². The van der Waals surface area contributed by atoms with Crippen molar-refractivity contribution in [3.05, 3.63) is 11.6 Å². The molecule has 0 spiro atoms. The highest BCUT2D eigenvalue weighted by Crippen LogP contribution is 2.35. The molecule has 0 unspecified atom stereocenters. The first kappa shape index (κ1) is 14.5. The molecule has 5 heteroatoms. The molecule has 1 N–H and O–H groups in total. The summed E-state index contributed by atoms with van der Waals surface area (Å²) in [5, 5.41) is 18.2. The Morgan fingerprint density at radius 3 is 2.53 bits per heavy atom. The lowest BCUT2D eigenvalue weighted by molar-refractivity contribution is 0.0524. The summed E-state index contributed by atoms with van der Waals surface area (Å²) < 4.78 is 2.14. The van der Waals surface area contributed by atoms with E-state index in [1.165, 1.54) is 19.3 Å². The van der Waals surface area contributed by atoms with Crippen molar-refractivity contribution in [1.82, 2.24) is 19.7 Å². The summed E-state index contributed by atoms with van der Waals surface area (Å²) in [5.74, 6) is 2.72. The molecule has 1 aromatic heterocycles. The van der Waals surface area contributed by atoms with E-state index in [4.69, 9.17) is 0 Å². The van der Waals surface area contributed by atoms with Gasteiger partial charge in [0.05, 0.1) is 13.2 Å². The number of aromatic nitrogens is 3. The van der Waals surface area contributed by atoms with Crippen molar-refractivity contribution in [1.29, 1.82) is 0 Å². The zero-order chi connectivity index (χ0) is 14.0. The maximum atomic E-state index is 9.50. The highest BCUT2D eigenvalue weighted by molar-refractivity contribution is 5.05. The van der Waals surface area contributed by atoms with Crippen LogP contribution < -0.4 is 0 Å². The molecule has 1 aliphatic rings. The van der Waals surface area contributed by atoms with Gasteiger partial charge < -0.3 is 9.67 Å². The third-order valence-corrected chi connectivity index (χ3v) is 4.43. The molecule has 1 saturated carbocycles. The van der Waals surface area contributed by atoms with E-state index >= 15 is 0 Å². The molecular formula is C14H26N4O. The van der Waals surface area contributed by atoms with Gasteiger partial charge >= 0.3 is 0 Å². The Morgan fingerprint density at radius 1 is 1.37 bits per heavy atom. The van der Waals surface area contributed by atoms with Gasteiger partial charge in [-0.1, -0.05) is 13.3 Å². The summed E-state index contributed by atoms with van der Waals surface area (Å²) in [7, 11) is 2.06. The van der Waals surface area contributed by atoms with Crippen LogP contribution in [-0.2, 0) is 13.6 Å². The van der Waals surface area contributed by atoms with Gasteiger partial charge in [-0.05, 0) is 33.2 Å². The Hall–Kier alpha value is -0.940.